The molecule has 2 aromatic carbocycles. The van der Waals surface area contributed by atoms with Crippen LogP contribution in [0, 0.1) is 0 Å². The molecule has 7 atom stereocenters. The number of phenols is 1. The van der Waals surface area contributed by atoms with Crippen molar-refractivity contribution in [1.29, 1.82) is 0 Å². The van der Waals surface area contributed by atoms with E-state index in [9.17, 15) is 63.6 Å². The lowest BCUT2D eigenvalue weighted by Gasteiger charge is -2.27. The summed E-state index contributed by atoms with van der Waals surface area (Å²) in [5.74, 6) is -9.51. The molecule has 8 amide bonds. The molecule has 0 radical (unpaired) electrons. The number of nitrogens with one attached hydrogen (secondary N) is 7. The van der Waals surface area contributed by atoms with Crippen LogP contribution in [0.1, 0.15) is 31.4 Å². The Labute approximate surface area is 331 Å². The number of benzene rings is 2. The van der Waals surface area contributed by atoms with Crippen molar-refractivity contribution in [2.45, 2.75) is 75.5 Å². The molecular formula is C36H49N9O13. The first kappa shape index (κ1) is 47.5. The van der Waals surface area contributed by atoms with Crippen LogP contribution in [0.2, 0.25) is 0 Å². The molecule has 2 rings (SSSR count). The lowest BCUT2D eigenvalue weighted by Crippen LogP contribution is -2.61. The normalized spacial score (nSPS) is 14.4. The van der Waals surface area contributed by atoms with Gasteiger partial charge in [-0.3, -0.25) is 43.2 Å². The van der Waals surface area contributed by atoms with Crippen LogP contribution in [-0.2, 0) is 56.0 Å². The molecule has 0 saturated heterocycles. The van der Waals surface area contributed by atoms with Gasteiger partial charge < -0.3 is 69.1 Å². The maximum Gasteiger partial charge on any atom is 0.325 e. The topological polar surface area (TPSA) is 371 Å². The van der Waals surface area contributed by atoms with E-state index in [1.165, 1.54) is 38.1 Å². The third-order valence-corrected chi connectivity index (χ3v) is 8.22. The fourth-order valence-electron chi connectivity index (χ4n) is 5.08. The molecule has 0 bridgehead atoms. The van der Waals surface area contributed by atoms with E-state index in [4.69, 9.17) is 11.5 Å². The van der Waals surface area contributed by atoms with Gasteiger partial charge in [-0.1, -0.05) is 42.5 Å². The van der Waals surface area contributed by atoms with Crippen molar-refractivity contribution in [2.75, 3.05) is 19.7 Å². The minimum Gasteiger partial charge on any atom is -0.508 e. The predicted octanol–water partition coefficient (Wildman–Crippen LogP) is -5.49. The van der Waals surface area contributed by atoms with Crippen LogP contribution in [0.15, 0.2) is 54.6 Å². The Hall–Kier alpha value is -6.65. The van der Waals surface area contributed by atoms with Gasteiger partial charge in [0, 0.05) is 12.8 Å². The molecule has 15 N–H and O–H groups in total. The summed E-state index contributed by atoms with van der Waals surface area (Å²) in [5.41, 5.74) is 11.5. The Morgan fingerprint density at radius 3 is 1.64 bits per heavy atom. The number of aliphatic hydroxyl groups excluding tert-OH is 2. The third kappa shape index (κ3) is 16.2. The zero-order chi connectivity index (χ0) is 43.5. The van der Waals surface area contributed by atoms with E-state index in [0.29, 0.717) is 11.1 Å². The minimum atomic E-state index is -1.82. The highest BCUT2D eigenvalue weighted by molar-refractivity contribution is 5.98. The molecule has 0 aliphatic heterocycles. The molecular weight excluding hydrogens is 766 g/mol. The Balaban J connectivity index is 2.31. The van der Waals surface area contributed by atoms with Crippen molar-refractivity contribution in [3.63, 3.8) is 0 Å². The number of nitrogens with two attached hydrogens (primary N) is 2. The van der Waals surface area contributed by atoms with Crippen LogP contribution in [0.3, 0.4) is 0 Å². The number of phenolic OH excluding ortho intramolecular Hbond substituents is 1. The van der Waals surface area contributed by atoms with E-state index in [1.54, 1.807) is 30.3 Å². The standard InChI is InChI=1S/C36H49N9O13/c1-18(36(57)58)40-31(52)23(13-21-8-10-22(48)11-9-21)41-33(54)25(14-27(38)49)42-34(55)26(17-46)44-32(53)24(12-20-6-4-3-5-7-20)43-35(56)30(19(2)47)45-29(51)16-39-28(50)15-37/h3-11,18-19,23-26,30,46-48H,12-17,37H2,1-2H3,(H2,38,49)(H,39,50)(H,40,52)(H,41,54)(H,42,55)(H,43,56)(H,44,53)(H,45,51)(H,57,58)/t18-,19+,23-,24-,25-,26-,30-/m0/s1. The van der Waals surface area contributed by atoms with Gasteiger partial charge in [0.1, 0.15) is 42.0 Å². The molecule has 0 heterocycles. The van der Waals surface area contributed by atoms with Crippen LogP contribution >= 0.6 is 0 Å². The Morgan fingerprint density at radius 2 is 1.12 bits per heavy atom. The second-order valence-electron chi connectivity index (χ2n) is 13.0. The summed E-state index contributed by atoms with van der Waals surface area (Å²) in [7, 11) is 0. The van der Waals surface area contributed by atoms with Gasteiger partial charge in [-0.15, -0.1) is 0 Å². The number of aliphatic carboxylic acids is 1. The number of primary amides is 1. The molecule has 22 heteroatoms. The summed E-state index contributed by atoms with van der Waals surface area (Å²) in [5, 5.41) is 55.2. The van der Waals surface area contributed by atoms with Crippen molar-refractivity contribution in [3.8, 4) is 5.75 Å². The van der Waals surface area contributed by atoms with Gasteiger partial charge in [-0.05, 0) is 37.1 Å². The average molecular weight is 816 g/mol. The second kappa shape index (κ2) is 23.4. The third-order valence-electron chi connectivity index (χ3n) is 8.22. The molecule has 0 unspecified atom stereocenters. The van der Waals surface area contributed by atoms with Crippen LogP contribution in [0.4, 0.5) is 0 Å². The fourth-order valence-corrected chi connectivity index (χ4v) is 5.08. The monoisotopic (exact) mass is 815 g/mol. The number of hydrogen-bond acceptors (Lipinski definition) is 13. The van der Waals surface area contributed by atoms with Gasteiger partial charge >= 0.3 is 5.97 Å². The summed E-state index contributed by atoms with van der Waals surface area (Å²) < 4.78 is 0. The van der Waals surface area contributed by atoms with Gasteiger partial charge in [-0.2, -0.15) is 0 Å². The van der Waals surface area contributed by atoms with Gasteiger partial charge in [0.05, 0.1) is 32.2 Å². The molecule has 0 aliphatic carbocycles. The highest BCUT2D eigenvalue weighted by Crippen LogP contribution is 2.12. The summed E-state index contributed by atoms with van der Waals surface area (Å²) in [4.78, 5) is 114. The predicted molar refractivity (Wildman–Crippen MR) is 201 cm³/mol. The number of aromatic hydroxyl groups is 1. The number of aliphatic hydroxyl groups is 2. The SMILES string of the molecule is C[C@H](NC(=O)[C@H](Cc1ccc(O)cc1)NC(=O)[C@H](CC(N)=O)NC(=O)[C@H](CO)NC(=O)[C@H](Cc1ccccc1)NC(=O)[C@@H](NC(=O)CNC(=O)CN)[C@@H](C)O)C(=O)O. The second-order valence-corrected chi connectivity index (χ2v) is 13.0. The molecule has 0 aromatic heterocycles. The number of amides is 8. The van der Waals surface area contributed by atoms with E-state index in [1.807, 2.05) is 0 Å². The van der Waals surface area contributed by atoms with E-state index in [0.717, 1.165) is 0 Å². The van der Waals surface area contributed by atoms with Gasteiger partial charge in [0.15, 0.2) is 0 Å². The van der Waals surface area contributed by atoms with Crippen molar-refractivity contribution in [2.24, 2.45) is 11.5 Å². The lowest BCUT2D eigenvalue weighted by atomic mass is 10.0. The number of hydrogen-bond donors (Lipinski definition) is 13. The maximum atomic E-state index is 13.6. The first-order valence-electron chi connectivity index (χ1n) is 17.7. The number of carboxylic acids is 1. The Morgan fingerprint density at radius 1 is 0.638 bits per heavy atom. The first-order chi connectivity index (χ1) is 27.3. The van der Waals surface area contributed by atoms with E-state index < -0.39 is 122 Å². The maximum absolute atomic E-state index is 13.6. The summed E-state index contributed by atoms with van der Waals surface area (Å²) in [6, 6.07) is 4.02. The molecule has 316 valence electrons. The lowest BCUT2D eigenvalue weighted by molar-refractivity contribution is -0.142. The zero-order valence-corrected chi connectivity index (χ0v) is 31.6. The summed E-state index contributed by atoms with van der Waals surface area (Å²) in [6.45, 7) is 0.282. The number of carboxylic acid groups (broad SMARTS) is 1. The zero-order valence-electron chi connectivity index (χ0n) is 31.6. The van der Waals surface area contributed by atoms with Crippen molar-refractivity contribution < 1.29 is 63.6 Å². The van der Waals surface area contributed by atoms with Gasteiger partial charge in [0.25, 0.3) is 0 Å². The van der Waals surface area contributed by atoms with Crippen LogP contribution in [0.5, 0.6) is 5.75 Å². The Kier molecular flexibility index (Phi) is 19.2. The molecule has 0 spiro atoms. The van der Waals surface area contributed by atoms with Crippen molar-refractivity contribution in [1.82, 2.24) is 37.2 Å². The number of carbonyl (C=O) groups excluding carboxylic acids is 8. The van der Waals surface area contributed by atoms with E-state index in [2.05, 4.69) is 37.2 Å². The van der Waals surface area contributed by atoms with Gasteiger partial charge in [0.2, 0.25) is 47.3 Å². The largest absolute Gasteiger partial charge is 0.508 e. The highest BCUT2D eigenvalue weighted by Gasteiger charge is 2.34. The molecule has 22 nitrogen and oxygen atoms in total. The summed E-state index contributed by atoms with van der Waals surface area (Å²) >= 11 is 0. The van der Waals surface area contributed by atoms with E-state index >= 15 is 0 Å². The molecule has 0 aliphatic rings. The molecule has 58 heavy (non-hydrogen) atoms. The molecule has 0 fully saturated rings. The van der Waals surface area contributed by atoms with Gasteiger partial charge in [-0.25, -0.2) is 0 Å². The minimum absolute atomic E-state index is 0.101. The van der Waals surface area contributed by atoms with E-state index in [-0.39, 0.29) is 18.6 Å². The quantitative estimate of drug-likeness (QED) is 0.0498. The van der Waals surface area contributed by atoms with Crippen molar-refractivity contribution >= 4 is 53.2 Å². The fraction of sp³-hybridized carbons (Fsp3) is 0.417. The van der Waals surface area contributed by atoms with Crippen LogP contribution < -0.4 is 48.7 Å². The smallest absolute Gasteiger partial charge is 0.325 e. The van der Waals surface area contributed by atoms with Crippen LogP contribution in [0.25, 0.3) is 0 Å². The molecule has 0 saturated carbocycles. The summed E-state index contributed by atoms with van der Waals surface area (Å²) in [6.07, 6.45) is -2.79. The highest BCUT2D eigenvalue weighted by atomic mass is 16.4. The number of rotatable bonds is 23. The number of carbonyl (C=O) groups is 9. The molecule has 2 aromatic rings. The first-order valence-corrected chi connectivity index (χ1v) is 17.7. The van der Waals surface area contributed by atoms with Crippen LogP contribution in [-0.4, -0.2) is 136 Å². The average Bonchev–Trinajstić information content (AvgIpc) is 3.17. The Bertz CT molecular complexity index is 1780. The van der Waals surface area contributed by atoms with Crippen molar-refractivity contribution in [3.05, 3.63) is 65.7 Å².